The number of benzene rings is 1. The lowest BCUT2D eigenvalue weighted by Gasteiger charge is -2.11. The van der Waals surface area contributed by atoms with Crippen LogP contribution in [-0.2, 0) is 16.0 Å². The van der Waals surface area contributed by atoms with E-state index in [2.05, 4.69) is 0 Å². The number of carbonyl (C=O) groups is 1. The minimum Gasteiger partial charge on any atom is -0.480 e. The van der Waals surface area contributed by atoms with Crippen molar-refractivity contribution < 1.29 is 14.3 Å². The zero-order valence-electron chi connectivity index (χ0n) is 11.3. The third-order valence-electron chi connectivity index (χ3n) is 2.67. The van der Waals surface area contributed by atoms with Crippen molar-refractivity contribution in [1.29, 1.82) is 0 Å². The van der Waals surface area contributed by atoms with Gasteiger partial charge in [-0.1, -0.05) is 24.6 Å². The maximum absolute atomic E-state index is 11.2. The molecule has 1 aromatic rings. The van der Waals surface area contributed by atoms with Crippen LogP contribution in [0.3, 0.4) is 0 Å². The zero-order chi connectivity index (χ0) is 14.3. The molecule has 0 radical (unpaired) electrons. The molecular formula is C14H20ClNO3. The second-order valence-corrected chi connectivity index (χ2v) is 4.64. The molecule has 0 saturated heterocycles. The monoisotopic (exact) mass is 285 g/mol. The molecule has 0 saturated carbocycles. The Bertz CT molecular complexity index is 423. The van der Waals surface area contributed by atoms with Gasteiger partial charge in [-0.3, -0.25) is 0 Å². The van der Waals surface area contributed by atoms with Crippen molar-refractivity contribution in [3.05, 3.63) is 28.8 Å². The molecule has 4 nitrogen and oxygen atoms in total. The van der Waals surface area contributed by atoms with Crippen LogP contribution in [0.2, 0.25) is 5.02 Å². The minimum atomic E-state index is -0.407. The fourth-order valence-corrected chi connectivity index (χ4v) is 1.83. The maximum atomic E-state index is 11.2. The molecule has 0 amide bonds. The van der Waals surface area contributed by atoms with Crippen LogP contribution in [0.4, 0.5) is 0 Å². The summed E-state index contributed by atoms with van der Waals surface area (Å²) in [7, 11) is 0. The number of esters is 1. The molecule has 1 aromatic carbocycles. The summed E-state index contributed by atoms with van der Waals surface area (Å²) in [6, 6.07) is 5.60. The van der Waals surface area contributed by atoms with Gasteiger partial charge in [-0.25, -0.2) is 4.79 Å². The molecule has 0 aliphatic heterocycles. The number of carbonyl (C=O) groups excluding carboxylic acids is 1. The number of ether oxygens (including phenoxy) is 2. The molecule has 0 aromatic heterocycles. The smallest absolute Gasteiger partial charge is 0.344 e. The highest BCUT2D eigenvalue weighted by atomic mass is 35.5. The van der Waals surface area contributed by atoms with Gasteiger partial charge in [-0.15, -0.1) is 0 Å². The maximum Gasteiger partial charge on any atom is 0.344 e. The Hall–Kier alpha value is -1.26. The van der Waals surface area contributed by atoms with Crippen molar-refractivity contribution in [2.45, 2.75) is 32.7 Å². The van der Waals surface area contributed by atoms with Crippen molar-refractivity contribution in [2.24, 2.45) is 5.73 Å². The summed E-state index contributed by atoms with van der Waals surface area (Å²) in [5, 5.41) is 0.477. The number of hydrogen-bond acceptors (Lipinski definition) is 4. The van der Waals surface area contributed by atoms with Crippen LogP contribution in [0, 0.1) is 0 Å². The Morgan fingerprint density at radius 3 is 2.74 bits per heavy atom. The van der Waals surface area contributed by atoms with Crippen LogP contribution < -0.4 is 10.5 Å². The van der Waals surface area contributed by atoms with Gasteiger partial charge >= 0.3 is 5.97 Å². The van der Waals surface area contributed by atoms with Gasteiger partial charge in [0.15, 0.2) is 6.61 Å². The molecule has 1 atom stereocenters. The van der Waals surface area contributed by atoms with Crippen LogP contribution in [-0.4, -0.2) is 25.2 Å². The summed E-state index contributed by atoms with van der Waals surface area (Å²) in [6.07, 6.45) is 1.69. The lowest BCUT2D eigenvalue weighted by atomic mass is 10.0. The summed E-state index contributed by atoms with van der Waals surface area (Å²) in [5.41, 5.74) is 6.95. The molecule has 106 valence electrons. The third-order valence-corrected chi connectivity index (χ3v) is 2.96. The van der Waals surface area contributed by atoms with E-state index in [0.29, 0.717) is 17.4 Å². The molecule has 0 fully saturated rings. The summed E-state index contributed by atoms with van der Waals surface area (Å²) < 4.78 is 10.1. The predicted octanol–water partition coefficient (Wildman–Crippen LogP) is 2.56. The molecule has 0 bridgehead atoms. The zero-order valence-corrected chi connectivity index (χ0v) is 12.1. The highest BCUT2D eigenvalue weighted by molar-refractivity contribution is 6.32. The highest BCUT2D eigenvalue weighted by Crippen LogP contribution is 2.26. The molecule has 0 aliphatic rings. The average molecular weight is 286 g/mol. The van der Waals surface area contributed by atoms with Crippen molar-refractivity contribution in [2.75, 3.05) is 13.2 Å². The van der Waals surface area contributed by atoms with E-state index in [4.69, 9.17) is 26.8 Å². The Balaban J connectivity index is 2.59. The average Bonchev–Trinajstić information content (AvgIpc) is 2.38. The third kappa shape index (κ3) is 5.49. The van der Waals surface area contributed by atoms with Gasteiger partial charge < -0.3 is 15.2 Å². The van der Waals surface area contributed by atoms with E-state index < -0.39 is 5.97 Å². The Morgan fingerprint density at radius 2 is 2.16 bits per heavy atom. The molecule has 1 unspecified atom stereocenters. The summed E-state index contributed by atoms with van der Waals surface area (Å²) in [4.78, 5) is 11.2. The van der Waals surface area contributed by atoms with Gasteiger partial charge in [0.05, 0.1) is 11.6 Å². The van der Waals surface area contributed by atoms with Crippen LogP contribution in [0.1, 0.15) is 25.8 Å². The number of hydrogen-bond donors (Lipinski definition) is 1. The first-order valence-corrected chi connectivity index (χ1v) is 6.77. The van der Waals surface area contributed by atoms with Crippen LogP contribution in [0.15, 0.2) is 18.2 Å². The van der Waals surface area contributed by atoms with E-state index in [0.717, 1.165) is 18.4 Å². The lowest BCUT2D eigenvalue weighted by Crippen LogP contribution is -2.21. The van der Waals surface area contributed by atoms with Crippen molar-refractivity contribution in [1.82, 2.24) is 0 Å². The van der Waals surface area contributed by atoms with Crippen molar-refractivity contribution in [3.8, 4) is 5.75 Å². The quantitative estimate of drug-likeness (QED) is 0.782. The topological polar surface area (TPSA) is 61.5 Å². The van der Waals surface area contributed by atoms with Crippen LogP contribution in [0.25, 0.3) is 0 Å². The van der Waals surface area contributed by atoms with E-state index in [1.807, 2.05) is 19.1 Å². The predicted molar refractivity (Wildman–Crippen MR) is 75.6 cm³/mol. The number of nitrogens with two attached hydrogens (primary N) is 1. The SMILES string of the molecule is CCOC(=O)COc1ccc(CC(N)CC)cc1Cl. The summed E-state index contributed by atoms with van der Waals surface area (Å²) in [5.74, 6) is 0.0687. The van der Waals surface area contributed by atoms with Gasteiger partial charge in [0, 0.05) is 6.04 Å². The fraction of sp³-hybridized carbons (Fsp3) is 0.500. The highest BCUT2D eigenvalue weighted by Gasteiger charge is 2.08. The first-order chi connectivity index (χ1) is 9.06. The van der Waals surface area contributed by atoms with Gasteiger partial charge in [0.25, 0.3) is 0 Å². The van der Waals surface area contributed by atoms with E-state index in [-0.39, 0.29) is 12.6 Å². The van der Waals surface area contributed by atoms with E-state index >= 15 is 0 Å². The molecule has 0 aliphatic carbocycles. The van der Waals surface area contributed by atoms with Crippen LogP contribution in [0.5, 0.6) is 5.75 Å². The Kier molecular flexibility index (Phi) is 6.67. The van der Waals surface area contributed by atoms with E-state index in [9.17, 15) is 4.79 Å². The molecule has 2 N–H and O–H groups in total. The molecular weight excluding hydrogens is 266 g/mol. The van der Waals surface area contributed by atoms with E-state index in [1.165, 1.54) is 0 Å². The Morgan fingerprint density at radius 1 is 1.42 bits per heavy atom. The van der Waals surface area contributed by atoms with Crippen molar-refractivity contribution in [3.63, 3.8) is 0 Å². The molecule has 1 rings (SSSR count). The van der Waals surface area contributed by atoms with E-state index in [1.54, 1.807) is 13.0 Å². The van der Waals surface area contributed by atoms with Gasteiger partial charge in [0.1, 0.15) is 5.75 Å². The summed E-state index contributed by atoms with van der Waals surface area (Å²) >= 11 is 6.10. The molecule has 19 heavy (non-hydrogen) atoms. The number of halogens is 1. The standard InChI is InChI=1S/C14H20ClNO3/c1-3-11(16)7-10-5-6-13(12(15)8-10)19-9-14(17)18-4-2/h5-6,8,11H,3-4,7,9,16H2,1-2H3. The molecule has 0 heterocycles. The van der Waals surface area contributed by atoms with Gasteiger partial charge in [-0.2, -0.15) is 0 Å². The van der Waals surface area contributed by atoms with Gasteiger partial charge in [-0.05, 0) is 37.5 Å². The van der Waals surface area contributed by atoms with Gasteiger partial charge in [0.2, 0.25) is 0 Å². The minimum absolute atomic E-state index is 0.127. The normalized spacial score (nSPS) is 12.0. The lowest BCUT2D eigenvalue weighted by molar-refractivity contribution is -0.145. The largest absolute Gasteiger partial charge is 0.480 e. The first kappa shape index (κ1) is 15.8. The van der Waals surface area contributed by atoms with Crippen LogP contribution >= 0.6 is 11.6 Å². The second-order valence-electron chi connectivity index (χ2n) is 4.23. The molecule has 0 spiro atoms. The second kappa shape index (κ2) is 8.02. The first-order valence-electron chi connectivity index (χ1n) is 6.39. The summed E-state index contributed by atoms with van der Waals surface area (Å²) in [6.45, 7) is 3.99. The fourth-order valence-electron chi connectivity index (χ4n) is 1.57. The Labute approximate surface area is 118 Å². The molecule has 5 heteroatoms. The van der Waals surface area contributed by atoms with Crippen molar-refractivity contribution >= 4 is 17.6 Å². The number of rotatable bonds is 7.